The molecule has 2 N–H and O–H groups in total. The van der Waals surface area contributed by atoms with Crippen molar-refractivity contribution in [3.8, 4) is 5.75 Å². The van der Waals surface area contributed by atoms with Crippen molar-refractivity contribution in [3.63, 3.8) is 0 Å². The first-order chi connectivity index (χ1) is 9.60. The summed E-state index contributed by atoms with van der Waals surface area (Å²) in [5.41, 5.74) is 8.04. The third-order valence-corrected chi connectivity index (χ3v) is 3.81. The predicted molar refractivity (Wildman–Crippen MR) is 84.6 cm³/mol. The Kier molecular flexibility index (Phi) is 5.09. The molecular weight excluding hydrogens is 252 g/mol. The van der Waals surface area contributed by atoms with Crippen molar-refractivity contribution >= 4 is 11.4 Å². The van der Waals surface area contributed by atoms with Gasteiger partial charge >= 0.3 is 0 Å². The van der Waals surface area contributed by atoms with Crippen molar-refractivity contribution in [3.05, 3.63) is 18.2 Å². The fourth-order valence-electron chi connectivity index (χ4n) is 2.50. The molecular formula is C15H26N4O. The molecule has 1 aromatic carbocycles. The van der Waals surface area contributed by atoms with Crippen molar-refractivity contribution in [2.45, 2.75) is 0 Å². The lowest BCUT2D eigenvalue weighted by atomic mass is 10.2. The monoisotopic (exact) mass is 278 g/mol. The van der Waals surface area contributed by atoms with Gasteiger partial charge in [-0.3, -0.25) is 4.90 Å². The van der Waals surface area contributed by atoms with E-state index in [2.05, 4.69) is 34.9 Å². The smallest absolute Gasteiger partial charge is 0.121 e. The normalized spacial score (nSPS) is 16.7. The molecule has 1 saturated heterocycles. The summed E-state index contributed by atoms with van der Waals surface area (Å²) in [6.07, 6.45) is 0. The second-order valence-corrected chi connectivity index (χ2v) is 5.56. The zero-order chi connectivity index (χ0) is 14.5. The van der Waals surface area contributed by atoms with Gasteiger partial charge in [0.2, 0.25) is 0 Å². The van der Waals surface area contributed by atoms with Crippen LogP contribution in [-0.2, 0) is 0 Å². The summed E-state index contributed by atoms with van der Waals surface area (Å²) in [6, 6.07) is 5.93. The standard InChI is InChI=1S/C15H26N4O/c1-17(2)6-7-18-8-10-19(11-9-18)15-5-4-13(20-3)12-14(15)16/h4-5,12H,6-11,16H2,1-3H3. The fourth-order valence-corrected chi connectivity index (χ4v) is 2.50. The topological polar surface area (TPSA) is 45.0 Å². The number of rotatable bonds is 5. The highest BCUT2D eigenvalue weighted by Crippen LogP contribution is 2.28. The van der Waals surface area contributed by atoms with E-state index >= 15 is 0 Å². The molecule has 1 fully saturated rings. The van der Waals surface area contributed by atoms with E-state index in [9.17, 15) is 0 Å². The van der Waals surface area contributed by atoms with E-state index in [1.54, 1.807) is 7.11 Å². The Labute approximate surface area is 121 Å². The summed E-state index contributed by atoms with van der Waals surface area (Å²) in [5, 5.41) is 0. The van der Waals surface area contributed by atoms with Crippen LogP contribution in [0.25, 0.3) is 0 Å². The Balaban J connectivity index is 1.90. The fraction of sp³-hybridized carbons (Fsp3) is 0.600. The van der Waals surface area contributed by atoms with E-state index in [1.165, 1.54) is 0 Å². The number of ether oxygens (including phenoxy) is 1. The van der Waals surface area contributed by atoms with Gasteiger partial charge in [0.15, 0.2) is 0 Å². The number of piperazine rings is 1. The largest absolute Gasteiger partial charge is 0.497 e. The first kappa shape index (κ1) is 14.9. The Morgan fingerprint density at radius 1 is 1.20 bits per heavy atom. The maximum absolute atomic E-state index is 6.12. The Bertz CT molecular complexity index is 428. The number of hydrogen-bond donors (Lipinski definition) is 1. The quantitative estimate of drug-likeness (QED) is 0.813. The average molecular weight is 278 g/mol. The van der Waals surface area contributed by atoms with E-state index in [1.807, 2.05) is 12.1 Å². The van der Waals surface area contributed by atoms with E-state index in [-0.39, 0.29) is 0 Å². The first-order valence-corrected chi connectivity index (χ1v) is 7.15. The summed E-state index contributed by atoms with van der Waals surface area (Å²) < 4.78 is 5.20. The van der Waals surface area contributed by atoms with Gasteiger partial charge in [-0.2, -0.15) is 0 Å². The number of hydrogen-bond acceptors (Lipinski definition) is 5. The summed E-state index contributed by atoms with van der Waals surface area (Å²) in [7, 11) is 5.90. The Morgan fingerprint density at radius 3 is 2.45 bits per heavy atom. The van der Waals surface area contributed by atoms with Gasteiger partial charge in [-0.05, 0) is 26.2 Å². The van der Waals surface area contributed by atoms with Crippen molar-refractivity contribution in [2.75, 3.05) is 71.1 Å². The molecule has 20 heavy (non-hydrogen) atoms. The van der Waals surface area contributed by atoms with Gasteiger partial charge in [0.1, 0.15) is 5.75 Å². The highest BCUT2D eigenvalue weighted by Gasteiger charge is 2.18. The van der Waals surface area contributed by atoms with Gasteiger partial charge in [-0.25, -0.2) is 0 Å². The van der Waals surface area contributed by atoms with E-state index in [4.69, 9.17) is 10.5 Å². The number of nitrogen functional groups attached to an aromatic ring is 1. The van der Waals surface area contributed by atoms with Gasteiger partial charge in [-0.1, -0.05) is 0 Å². The van der Waals surface area contributed by atoms with Gasteiger partial charge in [-0.15, -0.1) is 0 Å². The molecule has 0 radical (unpaired) electrons. The second-order valence-electron chi connectivity index (χ2n) is 5.56. The maximum Gasteiger partial charge on any atom is 0.121 e. The SMILES string of the molecule is COc1ccc(N2CCN(CCN(C)C)CC2)c(N)c1. The van der Waals surface area contributed by atoms with Crippen molar-refractivity contribution in [2.24, 2.45) is 0 Å². The molecule has 5 heteroatoms. The number of nitrogens with two attached hydrogens (primary N) is 1. The minimum absolute atomic E-state index is 0.797. The van der Waals surface area contributed by atoms with E-state index in [0.29, 0.717) is 0 Å². The van der Waals surface area contributed by atoms with Gasteiger partial charge < -0.3 is 20.3 Å². The molecule has 5 nitrogen and oxygen atoms in total. The molecule has 1 heterocycles. The summed E-state index contributed by atoms with van der Waals surface area (Å²) in [6.45, 7) is 6.51. The van der Waals surface area contributed by atoms with Crippen molar-refractivity contribution < 1.29 is 4.74 Å². The maximum atomic E-state index is 6.12. The lowest BCUT2D eigenvalue weighted by Gasteiger charge is -2.37. The zero-order valence-corrected chi connectivity index (χ0v) is 12.8. The number of likely N-dealkylation sites (N-methyl/N-ethyl adjacent to an activating group) is 1. The Morgan fingerprint density at radius 2 is 1.90 bits per heavy atom. The first-order valence-electron chi connectivity index (χ1n) is 7.15. The molecule has 112 valence electrons. The van der Waals surface area contributed by atoms with Gasteiger partial charge in [0.25, 0.3) is 0 Å². The molecule has 2 rings (SSSR count). The summed E-state index contributed by atoms with van der Waals surface area (Å²) in [5.74, 6) is 0.816. The van der Waals surface area contributed by atoms with E-state index in [0.717, 1.165) is 56.4 Å². The predicted octanol–water partition coefficient (Wildman–Crippen LogP) is 0.961. The molecule has 0 amide bonds. The molecule has 0 atom stereocenters. The molecule has 0 saturated carbocycles. The molecule has 1 aliphatic heterocycles. The summed E-state index contributed by atoms with van der Waals surface area (Å²) >= 11 is 0. The third kappa shape index (κ3) is 3.77. The highest BCUT2D eigenvalue weighted by atomic mass is 16.5. The highest BCUT2D eigenvalue weighted by molar-refractivity contribution is 5.69. The molecule has 0 bridgehead atoms. The van der Waals surface area contributed by atoms with Crippen LogP contribution in [0.1, 0.15) is 0 Å². The van der Waals surface area contributed by atoms with Gasteiger partial charge in [0, 0.05) is 45.3 Å². The number of methoxy groups -OCH3 is 1. The molecule has 0 aromatic heterocycles. The lowest BCUT2D eigenvalue weighted by molar-refractivity contribution is 0.229. The van der Waals surface area contributed by atoms with Crippen LogP contribution in [0.4, 0.5) is 11.4 Å². The minimum atomic E-state index is 0.797. The van der Waals surface area contributed by atoms with E-state index < -0.39 is 0 Å². The molecule has 1 aliphatic rings. The third-order valence-electron chi connectivity index (χ3n) is 3.81. The van der Waals surface area contributed by atoms with Crippen LogP contribution in [-0.4, -0.2) is 70.3 Å². The van der Waals surface area contributed by atoms with Crippen LogP contribution in [0.15, 0.2) is 18.2 Å². The molecule has 0 unspecified atom stereocenters. The molecule has 0 aliphatic carbocycles. The van der Waals surface area contributed by atoms with Crippen molar-refractivity contribution in [1.29, 1.82) is 0 Å². The zero-order valence-electron chi connectivity index (χ0n) is 12.8. The minimum Gasteiger partial charge on any atom is -0.497 e. The number of benzene rings is 1. The molecule has 0 spiro atoms. The van der Waals surface area contributed by atoms with Crippen LogP contribution in [0.5, 0.6) is 5.75 Å². The van der Waals surface area contributed by atoms with Crippen LogP contribution in [0.3, 0.4) is 0 Å². The van der Waals surface area contributed by atoms with Crippen LogP contribution >= 0.6 is 0 Å². The molecule has 1 aromatic rings. The Hall–Kier alpha value is -1.46. The second kappa shape index (κ2) is 6.81. The van der Waals surface area contributed by atoms with Crippen LogP contribution < -0.4 is 15.4 Å². The van der Waals surface area contributed by atoms with Crippen LogP contribution in [0, 0.1) is 0 Å². The van der Waals surface area contributed by atoms with Gasteiger partial charge in [0.05, 0.1) is 18.5 Å². The van der Waals surface area contributed by atoms with Crippen LogP contribution in [0.2, 0.25) is 0 Å². The number of nitrogens with zero attached hydrogens (tertiary/aromatic N) is 3. The number of anilines is 2. The lowest BCUT2D eigenvalue weighted by Crippen LogP contribution is -2.48. The average Bonchev–Trinajstić information content (AvgIpc) is 2.45. The van der Waals surface area contributed by atoms with Crippen molar-refractivity contribution in [1.82, 2.24) is 9.80 Å². The summed E-state index contributed by atoms with van der Waals surface area (Å²) in [4.78, 5) is 7.10.